The predicted molar refractivity (Wildman–Crippen MR) is 75.4 cm³/mol. The first kappa shape index (κ1) is 12.4. The molecule has 0 radical (unpaired) electrons. The van der Waals surface area contributed by atoms with Crippen molar-refractivity contribution in [2.75, 3.05) is 19.0 Å². The summed E-state index contributed by atoms with van der Waals surface area (Å²) in [7, 11) is 4.00. The second-order valence-corrected chi connectivity index (χ2v) is 4.59. The van der Waals surface area contributed by atoms with Gasteiger partial charge in [-0.25, -0.2) is 0 Å². The Labute approximate surface area is 108 Å². The van der Waals surface area contributed by atoms with Gasteiger partial charge in [0.2, 0.25) is 0 Å². The van der Waals surface area contributed by atoms with Gasteiger partial charge in [0, 0.05) is 30.9 Å². The summed E-state index contributed by atoms with van der Waals surface area (Å²) < 4.78 is 0. The van der Waals surface area contributed by atoms with Crippen LogP contribution in [0, 0.1) is 6.92 Å². The summed E-state index contributed by atoms with van der Waals surface area (Å²) in [5, 5.41) is 0. The van der Waals surface area contributed by atoms with Gasteiger partial charge in [-0.2, -0.15) is 0 Å². The summed E-state index contributed by atoms with van der Waals surface area (Å²) in [6, 6.07) is 15.2. The molecular formula is C16H17NO. The molecule has 92 valence electrons. The Morgan fingerprint density at radius 1 is 0.944 bits per heavy atom. The Hall–Kier alpha value is -2.09. The molecule has 2 aromatic rings. The topological polar surface area (TPSA) is 20.3 Å². The Morgan fingerprint density at radius 3 is 2.17 bits per heavy atom. The first-order valence-electron chi connectivity index (χ1n) is 5.97. The molecule has 0 aromatic heterocycles. The molecule has 0 bridgehead atoms. The van der Waals surface area contributed by atoms with E-state index in [2.05, 4.69) is 0 Å². The number of aryl methyl sites for hydroxylation is 1. The molecule has 0 aliphatic rings. The van der Waals surface area contributed by atoms with E-state index in [4.69, 9.17) is 0 Å². The number of rotatable bonds is 3. The molecule has 18 heavy (non-hydrogen) atoms. The first-order valence-corrected chi connectivity index (χ1v) is 5.97. The second kappa shape index (κ2) is 5.05. The van der Waals surface area contributed by atoms with Crippen LogP contribution in [-0.4, -0.2) is 19.9 Å². The first-order chi connectivity index (χ1) is 8.59. The van der Waals surface area contributed by atoms with Crippen molar-refractivity contribution in [3.8, 4) is 0 Å². The number of nitrogens with zero attached hydrogens (tertiary/aromatic N) is 1. The van der Waals surface area contributed by atoms with Crippen molar-refractivity contribution in [1.82, 2.24) is 0 Å². The van der Waals surface area contributed by atoms with Gasteiger partial charge in [0.05, 0.1) is 0 Å². The smallest absolute Gasteiger partial charge is 0.193 e. The van der Waals surface area contributed by atoms with Gasteiger partial charge in [0.25, 0.3) is 0 Å². The summed E-state index contributed by atoms with van der Waals surface area (Å²) in [5.41, 5.74) is 3.72. The van der Waals surface area contributed by atoms with E-state index in [1.54, 1.807) is 0 Å². The van der Waals surface area contributed by atoms with Crippen LogP contribution >= 0.6 is 0 Å². The molecule has 0 N–H and O–H groups in total. The van der Waals surface area contributed by atoms with Crippen LogP contribution in [0.15, 0.2) is 48.5 Å². The lowest BCUT2D eigenvalue weighted by atomic mass is 10.0. The van der Waals surface area contributed by atoms with Crippen LogP contribution in [0.3, 0.4) is 0 Å². The molecule has 2 rings (SSSR count). The van der Waals surface area contributed by atoms with E-state index in [-0.39, 0.29) is 5.78 Å². The van der Waals surface area contributed by atoms with Crippen molar-refractivity contribution in [3.63, 3.8) is 0 Å². The molecule has 0 atom stereocenters. The Morgan fingerprint density at radius 2 is 1.61 bits per heavy atom. The van der Waals surface area contributed by atoms with E-state index in [0.717, 1.165) is 22.4 Å². The molecule has 0 spiro atoms. The van der Waals surface area contributed by atoms with E-state index in [1.165, 1.54) is 0 Å². The Balaban J connectivity index is 2.36. The number of carbonyl (C=O) groups excluding carboxylic acids is 1. The van der Waals surface area contributed by atoms with Gasteiger partial charge in [0.1, 0.15) is 0 Å². The highest BCUT2D eigenvalue weighted by atomic mass is 16.1. The lowest BCUT2D eigenvalue weighted by Gasteiger charge is -2.16. The molecule has 0 heterocycles. The number of hydrogen-bond donors (Lipinski definition) is 0. The minimum atomic E-state index is 0.0732. The van der Waals surface area contributed by atoms with Gasteiger partial charge in [-0.1, -0.05) is 30.3 Å². The summed E-state index contributed by atoms with van der Waals surface area (Å²) in [5.74, 6) is 0.0732. The molecule has 0 aliphatic heterocycles. The van der Waals surface area contributed by atoms with Gasteiger partial charge < -0.3 is 4.90 Å². The van der Waals surface area contributed by atoms with Gasteiger partial charge in [-0.3, -0.25) is 4.79 Å². The normalized spacial score (nSPS) is 10.2. The zero-order valence-electron chi connectivity index (χ0n) is 11.0. The monoisotopic (exact) mass is 239 g/mol. The fourth-order valence-corrected chi connectivity index (χ4v) is 2.05. The highest BCUT2D eigenvalue weighted by Gasteiger charge is 2.10. The van der Waals surface area contributed by atoms with E-state index < -0.39 is 0 Å². The summed E-state index contributed by atoms with van der Waals surface area (Å²) in [6.45, 7) is 2.02. The van der Waals surface area contributed by atoms with Crippen LogP contribution in [-0.2, 0) is 0 Å². The molecule has 0 saturated carbocycles. The van der Waals surface area contributed by atoms with Crippen molar-refractivity contribution in [3.05, 3.63) is 65.2 Å². The number of benzene rings is 2. The standard InChI is InChI=1S/C16H17NO/c1-12-11-14(9-10-15(12)17(2)3)16(18)13-7-5-4-6-8-13/h4-11H,1-3H3. The second-order valence-electron chi connectivity index (χ2n) is 4.59. The third-order valence-electron chi connectivity index (χ3n) is 2.98. The van der Waals surface area contributed by atoms with Crippen LogP contribution < -0.4 is 4.90 Å². The van der Waals surface area contributed by atoms with Crippen molar-refractivity contribution < 1.29 is 4.79 Å². The van der Waals surface area contributed by atoms with Crippen molar-refractivity contribution in [2.45, 2.75) is 6.92 Å². The lowest BCUT2D eigenvalue weighted by molar-refractivity contribution is 0.103. The number of carbonyl (C=O) groups is 1. The minimum Gasteiger partial charge on any atom is -0.377 e. The average molecular weight is 239 g/mol. The Bertz CT molecular complexity index is 559. The fraction of sp³-hybridized carbons (Fsp3) is 0.188. The van der Waals surface area contributed by atoms with Gasteiger partial charge in [-0.05, 0) is 30.7 Å². The summed E-state index contributed by atoms with van der Waals surface area (Å²) >= 11 is 0. The van der Waals surface area contributed by atoms with Crippen molar-refractivity contribution in [1.29, 1.82) is 0 Å². The lowest BCUT2D eigenvalue weighted by Crippen LogP contribution is -2.11. The van der Waals surface area contributed by atoms with E-state index in [0.29, 0.717) is 0 Å². The molecule has 0 aliphatic carbocycles. The van der Waals surface area contributed by atoms with Gasteiger partial charge in [-0.15, -0.1) is 0 Å². The molecule has 0 saturated heterocycles. The van der Waals surface area contributed by atoms with Crippen LogP contribution in [0.25, 0.3) is 0 Å². The van der Waals surface area contributed by atoms with Crippen molar-refractivity contribution in [2.24, 2.45) is 0 Å². The third kappa shape index (κ3) is 2.43. The largest absolute Gasteiger partial charge is 0.377 e. The Kier molecular flexibility index (Phi) is 3.47. The predicted octanol–water partition coefficient (Wildman–Crippen LogP) is 3.29. The highest BCUT2D eigenvalue weighted by molar-refractivity contribution is 6.09. The van der Waals surface area contributed by atoms with Crippen LogP contribution in [0.1, 0.15) is 21.5 Å². The number of anilines is 1. The summed E-state index contributed by atoms with van der Waals surface area (Å²) in [4.78, 5) is 14.3. The number of hydrogen-bond acceptors (Lipinski definition) is 2. The maximum absolute atomic E-state index is 12.3. The SMILES string of the molecule is Cc1cc(C(=O)c2ccccc2)ccc1N(C)C. The van der Waals surface area contributed by atoms with E-state index >= 15 is 0 Å². The summed E-state index contributed by atoms with van der Waals surface area (Å²) in [6.07, 6.45) is 0. The molecule has 2 aromatic carbocycles. The van der Waals surface area contributed by atoms with Crippen LogP contribution in [0.5, 0.6) is 0 Å². The molecule has 2 heteroatoms. The maximum Gasteiger partial charge on any atom is 0.193 e. The molecule has 0 amide bonds. The maximum atomic E-state index is 12.3. The van der Waals surface area contributed by atoms with Gasteiger partial charge in [0.15, 0.2) is 5.78 Å². The average Bonchev–Trinajstić information content (AvgIpc) is 2.38. The third-order valence-corrected chi connectivity index (χ3v) is 2.98. The fourth-order valence-electron chi connectivity index (χ4n) is 2.05. The molecule has 2 nitrogen and oxygen atoms in total. The molecule has 0 unspecified atom stereocenters. The van der Waals surface area contributed by atoms with Crippen LogP contribution in [0.2, 0.25) is 0 Å². The quantitative estimate of drug-likeness (QED) is 0.766. The van der Waals surface area contributed by atoms with Gasteiger partial charge >= 0.3 is 0 Å². The molecular weight excluding hydrogens is 222 g/mol. The highest BCUT2D eigenvalue weighted by Crippen LogP contribution is 2.20. The zero-order valence-corrected chi connectivity index (χ0v) is 11.0. The number of ketones is 1. The van der Waals surface area contributed by atoms with Crippen LogP contribution in [0.4, 0.5) is 5.69 Å². The molecule has 0 fully saturated rings. The minimum absolute atomic E-state index is 0.0732. The zero-order chi connectivity index (χ0) is 13.1. The van der Waals surface area contributed by atoms with Crippen molar-refractivity contribution >= 4 is 11.5 Å². The van der Waals surface area contributed by atoms with E-state index in [1.807, 2.05) is 74.4 Å². The van der Waals surface area contributed by atoms with E-state index in [9.17, 15) is 4.79 Å².